The lowest BCUT2D eigenvalue weighted by Crippen LogP contribution is -2.14. The summed E-state index contributed by atoms with van der Waals surface area (Å²) in [6, 6.07) is 19.5. The number of hydrogen-bond acceptors (Lipinski definition) is 6. The SMILES string of the molecule is COc1ccc(C(=O)Nc2ccc(-c3ccc(-c4nc(C)no4)cc3C)cc2)cc1CCCN(C)C. The zero-order valence-electron chi connectivity index (χ0n) is 21.5. The van der Waals surface area contributed by atoms with E-state index in [0.717, 1.165) is 58.6 Å². The molecule has 0 spiro atoms. The Hall–Kier alpha value is -3.97. The molecule has 1 heterocycles. The van der Waals surface area contributed by atoms with Gasteiger partial charge in [-0.3, -0.25) is 4.79 Å². The predicted molar refractivity (Wildman–Crippen MR) is 142 cm³/mol. The summed E-state index contributed by atoms with van der Waals surface area (Å²) in [6.07, 6.45) is 1.84. The van der Waals surface area contributed by atoms with Gasteiger partial charge in [-0.15, -0.1) is 0 Å². The number of nitrogens with one attached hydrogen (secondary N) is 1. The number of aromatic nitrogens is 2. The number of carbonyl (C=O) groups excluding carboxylic acids is 1. The molecule has 186 valence electrons. The van der Waals surface area contributed by atoms with Gasteiger partial charge in [0.25, 0.3) is 11.8 Å². The van der Waals surface area contributed by atoms with Crippen molar-refractivity contribution in [2.24, 2.45) is 0 Å². The Bertz CT molecular complexity index is 1340. The summed E-state index contributed by atoms with van der Waals surface area (Å²) in [5.41, 5.74) is 6.54. The van der Waals surface area contributed by atoms with Crippen molar-refractivity contribution in [1.82, 2.24) is 15.0 Å². The average Bonchev–Trinajstić information content (AvgIpc) is 3.30. The van der Waals surface area contributed by atoms with Gasteiger partial charge < -0.3 is 19.5 Å². The number of amides is 1. The normalized spacial score (nSPS) is 11.1. The highest BCUT2D eigenvalue weighted by Crippen LogP contribution is 2.29. The van der Waals surface area contributed by atoms with Crippen molar-refractivity contribution in [3.63, 3.8) is 0 Å². The van der Waals surface area contributed by atoms with E-state index in [0.29, 0.717) is 17.3 Å². The van der Waals surface area contributed by atoms with E-state index in [1.54, 1.807) is 20.1 Å². The molecule has 36 heavy (non-hydrogen) atoms. The maximum Gasteiger partial charge on any atom is 0.257 e. The Morgan fingerprint density at radius 2 is 1.75 bits per heavy atom. The highest BCUT2D eigenvalue weighted by Gasteiger charge is 2.12. The molecule has 0 saturated heterocycles. The van der Waals surface area contributed by atoms with Crippen molar-refractivity contribution in [3.05, 3.63) is 83.2 Å². The van der Waals surface area contributed by atoms with Gasteiger partial charge in [0.1, 0.15) is 5.75 Å². The van der Waals surface area contributed by atoms with Crippen LogP contribution in [0.2, 0.25) is 0 Å². The van der Waals surface area contributed by atoms with Crippen LogP contribution in [-0.4, -0.2) is 48.7 Å². The van der Waals surface area contributed by atoms with Crippen LogP contribution in [0.4, 0.5) is 5.69 Å². The molecule has 0 atom stereocenters. The van der Waals surface area contributed by atoms with Crippen LogP contribution in [0.1, 0.15) is 33.7 Å². The molecule has 0 radical (unpaired) electrons. The van der Waals surface area contributed by atoms with E-state index in [9.17, 15) is 4.79 Å². The van der Waals surface area contributed by atoms with Crippen LogP contribution in [0.3, 0.4) is 0 Å². The van der Waals surface area contributed by atoms with Crippen LogP contribution in [0.25, 0.3) is 22.6 Å². The van der Waals surface area contributed by atoms with E-state index >= 15 is 0 Å². The van der Waals surface area contributed by atoms with E-state index in [2.05, 4.69) is 41.4 Å². The van der Waals surface area contributed by atoms with Gasteiger partial charge in [0.2, 0.25) is 0 Å². The minimum atomic E-state index is -0.144. The first-order valence-electron chi connectivity index (χ1n) is 12.0. The van der Waals surface area contributed by atoms with Crippen molar-refractivity contribution in [2.75, 3.05) is 33.1 Å². The van der Waals surface area contributed by atoms with Gasteiger partial charge in [-0.1, -0.05) is 23.4 Å². The Morgan fingerprint density at radius 3 is 2.39 bits per heavy atom. The van der Waals surface area contributed by atoms with Crippen LogP contribution in [0, 0.1) is 13.8 Å². The molecule has 7 nitrogen and oxygen atoms in total. The Balaban J connectivity index is 1.45. The number of hydrogen-bond donors (Lipinski definition) is 1. The van der Waals surface area contributed by atoms with Crippen LogP contribution >= 0.6 is 0 Å². The smallest absolute Gasteiger partial charge is 0.257 e. The van der Waals surface area contributed by atoms with Crippen molar-refractivity contribution < 1.29 is 14.1 Å². The first kappa shape index (κ1) is 25.1. The molecule has 0 saturated carbocycles. The molecule has 0 aliphatic rings. The fraction of sp³-hybridized carbons (Fsp3) is 0.276. The summed E-state index contributed by atoms with van der Waals surface area (Å²) >= 11 is 0. The van der Waals surface area contributed by atoms with Crippen molar-refractivity contribution in [2.45, 2.75) is 26.7 Å². The molecule has 4 rings (SSSR count). The van der Waals surface area contributed by atoms with Crippen LogP contribution in [-0.2, 0) is 6.42 Å². The summed E-state index contributed by atoms with van der Waals surface area (Å²) in [5.74, 6) is 1.79. The molecule has 3 aromatic carbocycles. The van der Waals surface area contributed by atoms with Crippen molar-refractivity contribution in [1.29, 1.82) is 0 Å². The van der Waals surface area contributed by atoms with E-state index < -0.39 is 0 Å². The molecule has 1 amide bonds. The number of anilines is 1. The molecule has 1 aromatic heterocycles. The zero-order chi connectivity index (χ0) is 25.7. The molecule has 0 unspecified atom stereocenters. The number of methoxy groups -OCH3 is 1. The van der Waals surface area contributed by atoms with Crippen LogP contribution < -0.4 is 10.1 Å². The van der Waals surface area contributed by atoms with Crippen LogP contribution in [0.15, 0.2) is 65.2 Å². The highest BCUT2D eigenvalue weighted by molar-refractivity contribution is 6.04. The van der Waals surface area contributed by atoms with E-state index in [1.165, 1.54) is 0 Å². The second-order valence-corrected chi connectivity index (χ2v) is 9.14. The molecular formula is C29H32N4O3. The molecule has 0 aliphatic heterocycles. The van der Waals surface area contributed by atoms with Gasteiger partial charge in [0, 0.05) is 16.8 Å². The maximum absolute atomic E-state index is 13.0. The van der Waals surface area contributed by atoms with Gasteiger partial charge in [-0.25, -0.2) is 0 Å². The van der Waals surface area contributed by atoms with E-state index in [4.69, 9.17) is 9.26 Å². The fourth-order valence-electron chi connectivity index (χ4n) is 4.17. The van der Waals surface area contributed by atoms with Gasteiger partial charge in [0.05, 0.1) is 7.11 Å². The van der Waals surface area contributed by atoms with Gasteiger partial charge in [0.15, 0.2) is 5.82 Å². The second kappa shape index (κ2) is 11.2. The molecule has 0 aliphatic carbocycles. The predicted octanol–water partition coefficient (Wildman–Crippen LogP) is 5.78. The monoisotopic (exact) mass is 484 g/mol. The number of rotatable bonds is 9. The Labute approximate surface area is 212 Å². The number of aryl methyl sites for hydroxylation is 3. The molecule has 4 aromatic rings. The van der Waals surface area contributed by atoms with Gasteiger partial charge in [-0.2, -0.15) is 4.98 Å². The minimum absolute atomic E-state index is 0.144. The standard InChI is InChI=1S/C29H32N4O3/c1-19-17-24(29-30-20(2)32-36-29)10-14-26(19)21-8-12-25(13-9-21)31-28(34)23-11-15-27(35-5)22(18-23)7-6-16-33(3)4/h8-15,17-18H,6-7,16H2,1-5H3,(H,31,34). The summed E-state index contributed by atoms with van der Waals surface area (Å²) < 4.78 is 10.8. The van der Waals surface area contributed by atoms with Crippen molar-refractivity contribution in [3.8, 4) is 28.3 Å². The Morgan fingerprint density at radius 1 is 1.00 bits per heavy atom. The first-order valence-corrected chi connectivity index (χ1v) is 12.0. The lowest BCUT2D eigenvalue weighted by Gasteiger charge is -2.13. The third-order valence-electron chi connectivity index (χ3n) is 6.05. The largest absolute Gasteiger partial charge is 0.496 e. The van der Waals surface area contributed by atoms with Crippen molar-refractivity contribution >= 4 is 11.6 Å². The molecule has 7 heteroatoms. The summed E-state index contributed by atoms with van der Waals surface area (Å²) in [4.78, 5) is 19.4. The number of ether oxygens (including phenoxy) is 1. The summed E-state index contributed by atoms with van der Waals surface area (Å²) in [5, 5.41) is 6.87. The Kier molecular flexibility index (Phi) is 7.80. The third-order valence-corrected chi connectivity index (χ3v) is 6.05. The first-order chi connectivity index (χ1) is 17.3. The third kappa shape index (κ3) is 5.98. The number of nitrogens with zero attached hydrogens (tertiary/aromatic N) is 3. The lowest BCUT2D eigenvalue weighted by atomic mass is 9.98. The molecular weight excluding hydrogens is 452 g/mol. The summed E-state index contributed by atoms with van der Waals surface area (Å²) in [6.45, 7) is 4.83. The zero-order valence-corrected chi connectivity index (χ0v) is 21.5. The van der Waals surface area contributed by atoms with E-state index in [1.807, 2.05) is 54.6 Å². The topological polar surface area (TPSA) is 80.5 Å². The number of benzene rings is 3. The lowest BCUT2D eigenvalue weighted by molar-refractivity contribution is 0.102. The quantitative estimate of drug-likeness (QED) is 0.325. The average molecular weight is 485 g/mol. The van der Waals surface area contributed by atoms with Gasteiger partial charge in [-0.05, 0) is 112 Å². The molecule has 1 N–H and O–H groups in total. The highest BCUT2D eigenvalue weighted by atomic mass is 16.5. The fourth-order valence-corrected chi connectivity index (χ4v) is 4.17. The summed E-state index contributed by atoms with van der Waals surface area (Å²) in [7, 11) is 5.77. The minimum Gasteiger partial charge on any atom is -0.496 e. The second-order valence-electron chi connectivity index (χ2n) is 9.14. The maximum atomic E-state index is 13.0. The van der Waals surface area contributed by atoms with Crippen LogP contribution in [0.5, 0.6) is 5.75 Å². The van der Waals surface area contributed by atoms with E-state index in [-0.39, 0.29) is 5.91 Å². The molecule has 0 fully saturated rings. The number of carbonyl (C=O) groups is 1. The molecule has 0 bridgehead atoms. The van der Waals surface area contributed by atoms with Gasteiger partial charge >= 0.3 is 0 Å².